The van der Waals surface area contributed by atoms with Crippen LogP contribution in [0.1, 0.15) is 81.5 Å². The molecule has 0 aliphatic heterocycles. The highest BCUT2D eigenvalue weighted by Gasteiger charge is 2.12. The Morgan fingerprint density at radius 2 is 1.44 bits per heavy atom. The van der Waals surface area contributed by atoms with Crippen LogP contribution in [0.15, 0.2) is 42.5 Å². The lowest BCUT2D eigenvalue weighted by atomic mass is 10.1. The van der Waals surface area contributed by atoms with Gasteiger partial charge in [-0.15, -0.1) is 0 Å². The predicted molar refractivity (Wildman–Crippen MR) is 139 cm³/mol. The molecule has 2 aromatic carbocycles. The molecule has 7 heteroatoms. The van der Waals surface area contributed by atoms with Crippen LogP contribution in [-0.4, -0.2) is 25.0 Å². The van der Waals surface area contributed by atoms with Gasteiger partial charge in [-0.25, -0.2) is 4.79 Å². The lowest BCUT2D eigenvalue weighted by Gasteiger charge is -2.09. The Bertz CT molecular complexity index is 887. The second-order valence-electron chi connectivity index (χ2n) is 8.30. The number of Topliss-reactive ketones (excluding diaryl/α,β-unsaturated/α-hetero) is 1. The minimum absolute atomic E-state index is 0.167. The van der Waals surface area contributed by atoms with E-state index in [1.807, 2.05) is 0 Å². The Morgan fingerprint density at radius 3 is 2.06 bits per heavy atom. The predicted octanol–water partition coefficient (Wildman–Crippen LogP) is 8.26. The first-order valence-electron chi connectivity index (χ1n) is 12.2. The first-order valence-corrected chi connectivity index (χ1v) is 12.9. The molecule has 0 radical (unpaired) electrons. The molecule has 2 rings (SSSR count). The van der Waals surface area contributed by atoms with E-state index in [1.54, 1.807) is 30.3 Å². The molecule has 0 saturated carbocycles. The summed E-state index contributed by atoms with van der Waals surface area (Å²) in [7, 11) is 0. The topological polar surface area (TPSA) is 64.6 Å². The number of rotatable bonds is 16. The third kappa shape index (κ3) is 11.3. The molecule has 0 unspecified atom stereocenters. The Kier molecular flexibility index (Phi) is 13.5. The number of unbranched alkanes of at least 4 members (excludes halogenated alkanes) is 9. The van der Waals surface area contributed by atoms with Gasteiger partial charge in [-0.3, -0.25) is 4.79 Å². The highest BCUT2D eigenvalue weighted by molar-refractivity contribution is 6.35. The molecule has 0 atom stereocenters. The summed E-state index contributed by atoms with van der Waals surface area (Å²) in [4.78, 5) is 24.3. The summed E-state index contributed by atoms with van der Waals surface area (Å²) in [5.74, 6) is 0.664. The van der Waals surface area contributed by atoms with E-state index < -0.39 is 6.09 Å². The van der Waals surface area contributed by atoms with E-state index in [4.69, 9.17) is 32.7 Å². The molecule has 0 fully saturated rings. The van der Waals surface area contributed by atoms with Crippen molar-refractivity contribution in [3.8, 4) is 11.5 Å². The number of carbonyl (C=O) groups excluding carboxylic acids is 2. The van der Waals surface area contributed by atoms with E-state index >= 15 is 0 Å². The first kappa shape index (κ1) is 28.0. The second-order valence-corrected chi connectivity index (χ2v) is 9.14. The normalized spacial score (nSPS) is 10.7. The summed E-state index contributed by atoms with van der Waals surface area (Å²) >= 11 is 11.8. The van der Waals surface area contributed by atoms with Crippen molar-refractivity contribution in [1.82, 2.24) is 5.32 Å². The largest absolute Gasteiger partial charge is 0.494 e. The zero-order valence-corrected chi connectivity index (χ0v) is 21.4. The molecular formula is C27H35Cl2NO4. The molecular weight excluding hydrogens is 473 g/mol. The SMILES string of the molecule is CCCCCCCCCCCCOc1ccc(C(=O)CNC(=O)Oc2ccc(Cl)cc2Cl)cc1. The van der Waals surface area contributed by atoms with E-state index in [1.165, 1.54) is 69.9 Å². The second kappa shape index (κ2) is 16.4. The highest BCUT2D eigenvalue weighted by Crippen LogP contribution is 2.27. The summed E-state index contributed by atoms with van der Waals surface area (Å²) in [5, 5.41) is 3.07. The van der Waals surface area contributed by atoms with Crippen molar-refractivity contribution in [2.24, 2.45) is 0 Å². The van der Waals surface area contributed by atoms with Gasteiger partial charge >= 0.3 is 6.09 Å². The van der Waals surface area contributed by atoms with Crippen LogP contribution in [-0.2, 0) is 0 Å². The van der Waals surface area contributed by atoms with Crippen LogP contribution in [0.2, 0.25) is 10.0 Å². The minimum Gasteiger partial charge on any atom is -0.494 e. The smallest absolute Gasteiger partial charge is 0.413 e. The Balaban J connectivity index is 1.58. The molecule has 34 heavy (non-hydrogen) atoms. The number of hydrogen-bond acceptors (Lipinski definition) is 4. The zero-order valence-electron chi connectivity index (χ0n) is 19.9. The van der Waals surface area contributed by atoms with Crippen molar-refractivity contribution >= 4 is 35.1 Å². The number of ketones is 1. The quantitative estimate of drug-likeness (QED) is 0.183. The maximum absolute atomic E-state index is 12.3. The highest BCUT2D eigenvalue weighted by atomic mass is 35.5. The molecule has 186 valence electrons. The fourth-order valence-electron chi connectivity index (χ4n) is 3.47. The van der Waals surface area contributed by atoms with Gasteiger partial charge in [0.1, 0.15) is 5.75 Å². The van der Waals surface area contributed by atoms with Crippen LogP contribution in [0.4, 0.5) is 4.79 Å². The number of ether oxygens (including phenoxy) is 2. The van der Waals surface area contributed by atoms with Gasteiger partial charge in [-0.05, 0) is 48.9 Å². The van der Waals surface area contributed by atoms with Crippen LogP contribution in [0, 0.1) is 0 Å². The van der Waals surface area contributed by atoms with Gasteiger partial charge in [0, 0.05) is 10.6 Å². The standard InChI is InChI=1S/C27H35Cl2NO4/c1-2-3-4-5-6-7-8-9-10-11-18-33-23-15-12-21(13-16-23)25(31)20-30-27(32)34-26-17-14-22(28)19-24(26)29/h12-17,19H,2-11,18,20H2,1H3,(H,30,32). The lowest BCUT2D eigenvalue weighted by molar-refractivity contribution is 0.0988. The summed E-state index contributed by atoms with van der Waals surface area (Å²) in [6.45, 7) is 2.73. The molecule has 2 aromatic rings. The van der Waals surface area contributed by atoms with Crippen molar-refractivity contribution in [3.63, 3.8) is 0 Å². The molecule has 0 aliphatic carbocycles. The number of amides is 1. The van der Waals surface area contributed by atoms with Crippen LogP contribution < -0.4 is 14.8 Å². The van der Waals surface area contributed by atoms with Gasteiger partial charge in [0.15, 0.2) is 11.5 Å². The summed E-state index contributed by atoms with van der Waals surface area (Å²) in [6.07, 6.45) is 12.1. The van der Waals surface area contributed by atoms with E-state index in [9.17, 15) is 9.59 Å². The summed E-state index contributed by atoms with van der Waals surface area (Å²) in [5.41, 5.74) is 0.483. The average Bonchev–Trinajstić information content (AvgIpc) is 2.83. The van der Waals surface area contributed by atoms with Crippen LogP contribution >= 0.6 is 23.2 Å². The first-order chi connectivity index (χ1) is 16.5. The maximum atomic E-state index is 12.3. The minimum atomic E-state index is -0.769. The Morgan fingerprint density at radius 1 is 0.824 bits per heavy atom. The monoisotopic (exact) mass is 507 g/mol. The molecule has 0 heterocycles. The molecule has 0 spiro atoms. The lowest BCUT2D eigenvalue weighted by Crippen LogP contribution is -2.32. The van der Waals surface area contributed by atoms with Gasteiger partial charge in [-0.2, -0.15) is 0 Å². The number of nitrogens with one attached hydrogen (secondary N) is 1. The van der Waals surface area contributed by atoms with Crippen molar-refractivity contribution in [3.05, 3.63) is 58.1 Å². The molecule has 0 bridgehead atoms. The molecule has 0 aliphatic rings. The number of carbonyl (C=O) groups is 2. The van der Waals surface area contributed by atoms with E-state index in [2.05, 4.69) is 12.2 Å². The van der Waals surface area contributed by atoms with E-state index in [0.29, 0.717) is 17.2 Å². The van der Waals surface area contributed by atoms with Gasteiger partial charge < -0.3 is 14.8 Å². The number of benzene rings is 2. The number of halogens is 2. The van der Waals surface area contributed by atoms with Crippen LogP contribution in [0.3, 0.4) is 0 Å². The number of hydrogen-bond donors (Lipinski definition) is 1. The summed E-state index contributed by atoms with van der Waals surface area (Å²) in [6, 6.07) is 11.4. The van der Waals surface area contributed by atoms with Gasteiger partial charge in [0.2, 0.25) is 0 Å². The van der Waals surface area contributed by atoms with Crippen molar-refractivity contribution in [1.29, 1.82) is 0 Å². The molecule has 5 nitrogen and oxygen atoms in total. The molecule has 1 N–H and O–H groups in total. The van der Waals surface area contributed by atoms with Crippen LogP contribution in [0.5, 0.6) is 11.5 Å². The van der Waals surface area contributed by atoms with Crippen molar-refractivity contribution < 1.29 is 19.1 Å². The average molecular weight is 508 g/mol. The van der Waals surface area contributed by atoms with Crippen molar-refractivity contribution in [2.45, 2.75) is 71.1 Å². The third-order valence-corrected chi connectivity index (χ3v) is 5.96. The molecule has 0 saturated heterocycles. The molecule has 1 amide bonds. The fraction of sp³-hybridized carbons (Fsp3) is 0.481. The van der Waals surface area contributed by atoms with Gasteiger partial charge in [0.25, 0.3) is 0 Å². The third-order valence-electron chi connectivity index (χ3n) is 5.43. The van der Waals surface area contributed by atoms with Crippen molar-refractivity contribution in [2.75, 3.05) is 13.2 Å². The zero-order chi connectivity index (χ0) is 24.6. The van der Waals surface area contributed by atoms with Gasteiger partial charge in [0.05, 0.1) is 18.2 Å². The van der Waals surface area contributed by atoms with Crippen LogP contribution in [0.25, 0.3) is 0 Å². The Labute approximate surface area is 213 Å². The van der Waals surface area contributed by atoms with Gasteiger partial charge in [-0.1, -0.05) is 87.9 Å². The molecule has 0 aromatic heterocycles. The fourth-order valence-corrected chi connectivity index (χ4v) is 3.91. The summed E-state index contributed by atoms with van der Waals surface area (Å²) < 4.78 is 10.9. The van der Waals surface area contributed by atoms with E-state index in [0.717, 1.165) is 12.2 Å². The van der Waals surface area contributed by atoms with E-state index in [-0.39, 0.29) is 23.1 Å². The maximum Gasteiger partial charge on any atom is 0.413 e. The Hall–Kier alpha value is -2.24.